The molecule has 100 valence electrons. The van der Waals surface area contributed by atoms with E-state index < -0.39 is 4.92 Å². The van der Waals surface area contributed by atoms with Gasteiger partial charge in [0.05, 0.1) is 15.7 Å². The first-order chi connectivity index (χ1) is 9.08. The van der Waals surface area contributed by atoms with Gasteiger partial charge in [-0.1, -0.05) is 0 Å². The third kappa shape index (κ3) is 3.28. The third-order valence-corrected chi connectivity index (χ3v) is 3.11. The molecule has 19 heavy (non-hydrogen) atoms. The average Bonchev–Trinajstić information content (AvgIpc) is 2.84. The van der Waals surface area contributed by atoms with Crippen molar-refractivity contribution in [3.63, 3.8) is 0 Å². The molecule has 0 aromatic carbocycles. The quantitative estimate of drug-likeness (QED) is 0.674. The van der Waals surface area contributed by atoms with Crippen LogP contribution in [0.4, 0.5) is 11.4 Å². The largest absolute Gasteiger partial charge is 0.374 e. The Balaban J connectivity index is 2.16. The average molecular weight is 326 g/mol. The van der Waals surface area contributed by atoms with E-state index in [9.17, 15) is 10.1 Å². The summed E-state index contributed by atoms with van der Waals surface area (Å²) in [7, 11) is 0. The van der Waals surface area contributed by atoms with Gasteiger partial charge in [0.15, 0.2) is 0 Å². The van der Waals surface area contributed by atoms with E-state index in [2.05, 4.69) is 31.2 Å². The summed E-state index contributed by atoms with van der Waals surface area (Å²) >= 11 is 3.27. The van der Waals surface area contributed by atoms with Gasteiger partial charge in [-0.2, -0.15) is 0 Å². The van der Waals surface area contributed by atoms with Crippen LogP contribution in [0.3, 0.4) is 0 Å². The van der Waals surface area contributed by atoms with Crippen molar-refractivity contribution < 1.29 is 4.92 Å². The zero-order valence-electron chi connectivity index (χ0n) is 10.2. The monoisotopic (exact) mass is 325 g/mol. The van der Waals surface area contributed by atoms with Crippen LogP contribution in [0.2, 0.25) is 0 Å². The number of hydrogen-bond donors (Lipinski definition) is 1. The van der Waals surface area contributed by atoms with Crippen LogP contribution in [0.15, 0.2) is 35.6 Å². The molecule has 2 rings (SSSR count). The lowest BCUT2D eigenvalue weighted by Gasteiger charge is -2.16. The van der Waals surface area contributed by atoms with Crippen molar-refractivity contribution in [3.8, 4) is 0 Å². The number of imidazole rings is 1. The summed E-state index contributed by atoms with van der Waals surface area (Å²) in [6, 6.07) is 0.00611. The first-order valence-corrected chi connectivity index (χ1v) is 6.37. The van der Waals surface area contributed by atoms with E-state index in [0.717, 1.165) is 0 Å². The number of nitro groups is 1. The fourth-order valence-electron chi connectivity index (χ4n) is 1.71. The van der Waals surface area contributed by atoms with Crippen LogP contribution in [0.25, 0.3) is 0 Å². The van der Waals surface area contributed by atoms with Crippen molar-refractivity contribution in [1.29, 1.82) is 0 Å². The fraction of sp³-hybridized carbons (Fsp3) is 0.273. The van der Waals surface area contributed by atoms with Crippen LogP contribution in [0.1, 0.15) is 6.92 Å². The van der Waals surface area contributed by atoms with E-state index in [1.54, 1.807) is 12.5 Å². The molecule has 7 nitrogen and oxygen atoms in total. The minimum absolute atomic E-state index is 0.00611. The van der Waals surface area contributed by atoms with Gasteiger partial charge >= 0.3 is 5.69 Å². The van der Waals surface area contributed by atoms with Crippen LogP contribution in [0, 0.1) is 10.1 Å². The van der Waals surface area contributed by atoms with Crippen LogP contribution in [-0.4, -0.2) is 25.5 Å². The predicted octanol–water partition coefficient (Wildman–Crippen LogP) is 2.45. The molecule has 2 heterocycles. The highest BCUT2D eigenvalue weighted by Gasteiger charge is 2.18. The van der Waals surface area contributed by atoms with Crippen molar-refractivity contribution in [1.82, 2.24) is 14.5 Å². The summed E-state index contributed by atoms with van der Waals surface area (Å²) < 4.78 is 2.47. The summed E-state index contributed by atoms with van der Waals surface area (Å²) in [4.78, 5) is 18.3. The maximum Gasteiger partial charge on any atom is 0.311 e. The zero-order valence-corrected chi connectivity index (χ0v) is 11.7. The molecule has 0 fully saturated rings. The predicted molar refractivity (Wildman–Crippen MR) is 73.9 cm³/mol. The number of pyridine rings is 1. The molecule has 0 amide bonds. The number of aromatic nitrogens is 3. The van der Waals surface area contributed by atoms with Crippen molar-refractivity contribution in [3.05, 3.63) is 45.7 Å². The van der Waals surface area contributed by atoms with Crippen molar-refractivity contribution >= 4 is 27.3 Å². The Morgan fingerprint density at radius 1 is 1.53 bits per heavy atom. The van der Waals surface area contributed by atoms with Gasteiger partial charge in [-0.05, 0) is 22.9 Å². The van der Waals surface area contributed by atoms with E-state index in [0.29, 0.717) is 16.7 Å². The van der Waals surface area contributed by atoms with Gasteiger partial charge in [-0.15, -0.1) is 0 Å². The summed E-state index contributed by atoms with van der Waals surface area (Å²) in [6.45, 7) is 2.60. The lowest BCUT2D eigenvalue weighted by Crippen LogP contribution is -2.22. The zero-order chi connectivity index (χ0) is 13.8. The molecular formula is C11H12BrN5O2. The molecule has 0 spiro atoms. The van der Waals surface area contributed by atoms with Crippen molar-refractivity contribution in [2.45, 2.75) is 19.5 Å². The number of anilines is 1. The van der Waals surface area contributed by atoms with Crippen molar-refractivity contribution in [2.24, 2.45) is 0 Å². The number of halogens is 1. The first-order valence-electron chi connectivity index (χ1n) is 5.58. The molecule has 0 aliphatic heterocycles. The molecule has 0 aliphatic carbocycles. The lowest BCUT2D eigenvalue weighted by molar-refractivity contribution is -0.384. The molecule has 8 heteroatoms. The number of nitrogens with one attached hydrogen (secondary N) is 1. The molecule has 1 atom stereocenters. The molecular weight excluding hydrogens is 314 g/mol. The molecule has 0 aliphatic rings. The topological polar surface area (TPSA) is 85.9 Å². The summed E-state index contributed by atoms with van der Waals surface area (Å²) in [5.74, 6) is 0. The van der Waals surface area contributed by atoms with E-state index in [1.165, 1.54) is 12.4 Å². The fourth-order valence-corrected chi connectivity index (χ4v) is 2.14. The molecule has 2 aromatic rings. The Bertz CT molecular complexity index is 572. The van der Waals surface area contributed by atoms with Crippen molar-refractivity contribution in [2.75, 3.05) is 5.32 Å². The Kier molecular flexibility index (Phi) is 4.10. The summed E-state index contributed by atoms with van der Waals surface area (Å²) in [5, 5.41) is 14.1. The Morgan fingerprint density at radius 2 is 2.32 bits per heavy atom. The molecule has 2 aromatic heterocycles. The SMILES string of the molecule is CC(Cn1ccnc1)Nc1c(Br)cncc1[N+](=O)[O-]. The second kappa shape index (κ2) is 5.79. The summed E-state index contributed by atoms with van der Waals surface area (Å²) in [5.41, 5.74) is 0.388. The van der Waals surface area contributed by atoms with Crippen LogP contribution >= 0.6 is 15.9 Å². The highest BCUT2D eigenvalue weighted by molar-refractivity contribution is 9.10. The Hall–Kier alpha value is -1.96. The highest BCUT2D eigenvalue weighted by atomic mass is 79.9. The molecule has 0 saturated carbocycles. The number of nitrogens with zero attached hydrogens (tertiary/aromatic N) is 4. The smallest absolute Gasteiger partial charge is 0.311 e. The molecule has 1 N–H and O–H groups in total. The van der Waals surface area contributed by atoms with Gasteiger partial charge < -0.3 is 9.88 Å². The standard InChI is InChI=1S/C11H12BrN5O2/c1-8(6-16-3-2-13-7-16)15-11-9(12)4-14-5-10(11)17(18)19/h2-5,7-8H,6H2,1H3,(H,14,15). The number of hydrogen-bond acceptors (Lipinski definition) is 5. The highest BCUT2D eigenvalue weighted by Crippen LogP contribution is 2.31. The van der Waals surface area contributed by atoms with Crippen LogP contribution < -0.4 is 5.32 Å². The maximum absolute atomic E-state index is 11.0. The van der Waals surface area contributed by atoms with Gasteiger partial charge in [-0.3, -0.25) is 15.1 Å². The van der Waals surface area contributed by atoms with Gasteiger partial charge in [0.2, 0.25) is 0 Å². The van der Waals surface area contributed by atoms with E-state index in [4.69, 9.17) is 0 Å². The van der Waals surface area contributed by atoms with Gasteiger partial charge in [0.25, 0.3) is 0 Å². The minimum atomic E-state index is -0.454. The van der Waals surface area contributed by atoms with Crippen LogP contribution in [0.5, 0.6) is 0 Å². The normalized spacial score (nSPS) is 12.1. The summed E-state index contributed by atoms with van der Waals surface area (Å²) in [6.07, 6.45) is 8.00. The maximum atomic E-state index is 11.0. The van der Waals surface area contributed by atoms with E-state index in [-0.39, 0.29) is 11.7 Å². The van der Waals surface area contributed by atoms with Gasteiger partial charge in [0, 0.05) is 31.2 Å². The molecule has 1 unspecified atom stereocenters. The van der Waals surface area contributed by atoms with E-state index >= 15 is 0 Å². The van der Waals surface area contributed by atoms with Gasteiger partial charge in [0.1, 0.15) is 11.9 Å². The number of rotatable bonds is 5. The molecule has 0 radical (unpaired) electrons. The Labute approximate surface area is 118 Å². The minimum Gasteiger partial charge on any atom is -0.374 e. The Morgan fingerprint density at radius 3 is 2.95 bits per heavy atom. The second-order valence-corrected chi connectivity index (χ2v) is 4.93. The third-order valence-electron chi connectivity index (χ3n) is 2.51. The molecule has 0 saturated heterocycles. The second-order valence-electron chi connectivity index (χ2n) is 4.08. The van der Waals surface area contributed by atoms with Crippen LogP contribution in [-0.2, 0) is 6.54 Å². The first kappa shape index (κ1) is 13.5. The lowest BCUT2D eigenvalue weighted by atomic mass is 10.2. The molecule has 0 bridgehead atoms. The van der Waals surface area contributed by atoms with Gasteiger partial charge in [-0.25, -0.2) is 4.98 Å². The van der Waals surface area contributed by atoms with E-state index in [1.807, 2.05) is 17.7 Å².